The number of aromatic nitrogens is 4. The molecule has 3 fully saturated rings. The van der Waals surface area contributed by atoms with Crippen molar-refractivity contribution >= 4 is 34.1 Å². The van der Waals surface area contributed by atoms with Gasteiger partial charge >= 0.3 is 0 Å². The fourth-order valence-electron chi connectivity index (χ4n) is 5.54. The van der Waals surface area contributed by atoms with Crippen LogP contribution < -0.4 is 5.32 Å². The van der Waals surface area contributed by atoms with Crippen LogP contribution in [-0.4, -0.2) is 73.6 Å². The van der Waals surface area contributed by atoms with Gasteiger partial charge in [-0.05, 0) is 63.4 Å². The molecule has 4 heterocycles. The molecule has 3 atom stereocenters. The first kappa shape index (κ1) is 24.0. The Kier molecular flexibility index (Phi) is 5.71. The first-order valence-corrected chi connectivity index (χ1v) is 12.7. The van der Waals surface area contributed by atoms with Gasteiger partial charge in [0.05, 0.1) is 48.0 Å². The molecule has 36 heavy (non-hydrogen) atoms. The van der Waals surface area contributed by atoms with Crippen molar-refractivity contribution in [3.63, 3.8) is 0 Å². The highest BCUT2D eigenvalue weighted by molar-refractivity contribution is 6.32. The van der Waals surface area contributed by atoms with Gasteiger partial charge in [-0.3, -0.25) is 9.58 Å². The smallest absolute Gasteiger partial charge is 0.272 e. The number of anilines is 2. The number of hydrogen-bond acceptors (Lipinski definition) is 7. The fraction of sp³-hybridized carbons (Fsp3) is 0.560. The molecule has 192 valence electrons. The van der Waals surface area contributed by atoms with Crippen molar-refractivity contribution in [1.82, 2.24) is 24.6 Å². The molecule has 2 aliphatic heterocycles. The van der Waals surface area contributed by atoms with E-state index in [1.165, 1.54) is 10.9 Å². The van der Waals surface area contributed by atoms with E-state index in [1.54, 1.807) is 13.1 Å². The molecule has 0 unspecified atom stereocenters. The molecule has 3 aliphatic rings. The molecule has 8 nitrogen and oxygen atoms in total. The van der Waals surface area contributed by atoms with E-state index in [1.807, 2.05) is 12.1 Å². The number of nitrogens with zero attached hydrogens (tertiary/aromatic N) is 5. The zero-order valence-electron chi connectivity index (χ0n) is 20.2. The number of aliphatic hydroxyl groups excluding tert-OH is 1. The van der Waals surface area contributed by atoms with Gasteiger partial charge in [0.2, 0.25) is 5.95 Å². The Labute approximate surface area is 212 Å². The molecule has 1 saturated carbocycles. The van der Waals surface area contributed by atoms with Crippen LogP contribution in [0.4, 0.5) is 20.4 Å². The number of rotatable bonds is 5. The largest absolute Gasteiger partial charge is 0.389 e. The second-order valence-electron chi connectivity index (χ2n) is 10.5. The number of piperidine rings is 1. The normalized spacial score (nSPS) is 28.6. The summed E-state index contributed by atoms with van der Waals surface area (Å²) >= 11 is 6.69. The summed E-state index contributed by atoms with van der Waals surface area (Å²) in [6.45, 7) is 6.47. The lowest BCUT2D eigenvalue weighted by Gasteiger charge is -2.43. The summed E-state index contributed by atoms with van der Waals surface area (Å²) in [5.41, 5.74) is 2.70. The molecule has 2 N–H and O–H groups in total. The summed E-state index contributed by atoms with van der Waals surface area (Å²) in [5.74, 6) is -2.03. The van der Waals surface area contributed by atoms with Crippen LogP contribution in [0.5, 0.6) is 0 Å². The van der Waals surface area contributed by atoms with Crippen LogP contribution in [-0.2, 0) is 4.74 Å². The summed E-state index contributed by atoms with van der Waals surface area (Å²) in [5, 5.41) is 19.2. The number of fused-ring (bicyclic) bond motifs is 1. The number of benzene rings is 1. The molecule has 3 aromatic rings. The monoisotopic (exact) mass is 518 g/mol. The van der Waals surface area contributed by atoms with Gasteiger partial charge in [0.15, 0.2) is 0 Å². The highest BCUT2D eigenvalue weighted by Gasteiger charge is 2.59. The van der Waals surface area contributed by atoms with Crippen LogP contribution in [0.15, 0.2) is 24.5 Å². The topological polar surface area (TPSA) is 88.3 Å². The Morgan fingerprint density at radius 1 is 1.22 bits per heavy atom. The Morgan fingerprint density at radius 2 is 1.97 bits per heavy atom. The minimum Gasteiger partial charge on any atom is -0.389 e. The van der Waals surface area contributed by atoms with Gasteiger partial charge < -0.3 is 15.2 Å². The molecular formula is C25H29ClF2N6O2. The number of hydrogen-bond donors (Lipinski definition) is 2. The molecule has 1 aliphatic carbocycles. The third kappa shape index (κ3) is 4.04. The van der Waals surface area contributed by atoms with Crippen molar-refractivity contribution in [2.45, 2.75) is 62.6 Å². The molecule has 0 radical (unpaired) electrons. The summed E-state index contributed by atoms with van der Waals surface area (Å²) < 4.78 is 33.9. The molecule has 6 rings (SSSR count). The number of likely N-dealkylation sites (tertiary alicyclic amines) is 1. The molecular weight excluding hydrogens is 490 g/mol. The Morgan fingerprint density at radius 3 is 2.64 bits per heavy atom. The van der Waals surface area contributed by atoms with E-state index in [9.17, 15) is 13.9 Å². The van der Waals surface area contributed by atoms with Crippen LogP contribution in [0, 0.1) is 6.92 Å². The minimum atomic E-state index is -2.69. The predicted octanol–water partition coefficient (Wildman–Crippen LogP) is 4.44. The Bertz CT molecular complexity index is 1310. The van der Waals surface area contributed by atoms with E-state index in [0.29, 0.717) is 35.6 Å². The maximum absolute atomic E-state index is 13.5. The summed E-state index contributed by atoms with van der Waals surface area (Å²) in [6, 6.07) is 3.05. The predicted molar refractivity (Wildman–Crippen MR) is 132 cm³/mol. The lowest BCUT2D eigenvalue weighted by atomic mass is 9.85. The third-order valence-electron chi connectivity index (χ3n) is 8.12. The quantitative estimate of drug-likeness (QED) is 0.516. The van der Waals surface area contributed by atoms with Gasteiger partial charge in [0.25, 0.3) is 5.92 Å². The maximum atomic E-state index is 13.5. The number of aliphatic hydroxyl groups is 1. The minimum absolute atomic E-state index is 0.183. The van der Waals surface area contributed by atoms with Gasteiger partial charge in [-0.25, -0.2) is 18.7 Å². The summed E-state index contributed by atoms with van der Waals surface area (Å²) in [6.07, 6.45) is 4.43. The van der Waals surface area contributed by atoms with E-state index in [0.717, 1.165) is 42.4 Å². The van der Waals surface area contributed by atoms with Crippen LogP contribution in [0.1, 0.15) is 49.4 Å². The number of halogens is 3. The molecule has 0 spiro atoms. The van der Waals surface area contributed by atoms with Gasteiger partial charge in [0.1, 0.15) is 6.04 Å². The van der Waals surface area contributed by atoms with Gasteiger partial charge in [-0.15, -0.1) is 0 Å². The first-order chi connectivity index (χ1) is 17.2. The lowest BCUT2D eigenvalue weighted by Crippen LogP contribution is -2.56. The molecule has 0 amide bonds. The highest BCUT2D eigenvalue weighted by Crippen LogP contribution is 2.53. The first-order valence-electron chi connectivity index (χ1n) is 12.3. The van der Waals surface area contributed by atoms with E-state index >= 15 is 0 Å². The van der Waals surface area contributed by atoms with Gasteiger partial charge in [0, 0.05) is 23.0 Å². The average molecular weight is 519 g/mol. The van der Waals surface area contributed by atoms with Crippen molar-refractivity contribution in [3.05, 3.63) is 40.8 Å². The molecule has 2 aromatic heterocycles. The van der Waals surface area contributed by atoms with Crippen molar-refractivity contribution < 1.29 is 18.6 Å². The second-order valence-corrected chi connectivity index (χ2v) is 10.9. The van der Waals surface area contributed by atoms with E-state index in [2.05, 4.69) is 32.2 Å². The standard InChI is InChI=1S/C25H29ClF2N6O2/c1-14-20(11-30-34(14)21-9-25(21,27)28)32-23-29-10-16-7-18(26)17(8-19(16)31-23)15-3-5-33(6-4-15)24(2)13-36-12-22(24)35/h7-8,10-11,15,21-22,35H,3-6,9,12-13H2,1-2H3,(H,29,31,32)/t21-,22+,24-/m0/s1. The highest BCUT2D eigenvalue weighted by atomic mass is 35.5. The van der Waals surface area contributed by atoms with E-state index < -0.39 is 18.1 Å². The SMILES string of the molecule is Cc1c(Nc2ncc3cc(Cl)c(C4CCN([C@@]5(C)COC[C@H]5O)CC4)cc3n2)cnn1[C@H]1CC1(F)F. The van der Waals surface area contributed by atoms with Crippen molar-refractivity contribution in [2.75, 3.05) is 31.6 Å². The van der Waals surface area contributed by atoms with Crippen LogP contribution in [0.25, 0.3) is 10.9 Å². The Hall–Kier alpha value is -2.40. The number of alkyl halides is 2. The van der Waals surface area contributed by atoms with Crippen LogP contribution in [0.3, 0.4) is 0 Å². The fourth-order valence-corrected chi connectivity index (χ4v) is 5.87. The zero-order chi connectivity index (χ0) is 25.2. The van der Waals surface area contributed by atoms with Crippen molar-refractivity contribution in [2.24, 2.45) is 0 Å². The summed E-state index contributed by atoms with van der Waals surface area (Å²) in [4.78, 5) is 11.4. The Balaban J connectivity index is 1.20. The van der Waals surface area contributed by atoms with E-state index in [4.69, 9.17) is 16.3 Å². The summed E-state index contributed by atoms with van der Waals surface area (Å²) in [7, 11) is 0. The average Bonchev–Trinajstić information content (AvgIpc) is 3.13. The van der Waals surface area contributed by atoms with Gasteiger partial charge in [-0.1, -0.05) is 11.6 Å². The van der Waals surface area contributed by atoms with Crippen molar-refractivity contribution in [1.29, 1.82) is 0 Å². The van der Waals surface area contributed by atoms with Crippen LogP contribution >= 0.6 is 11.6 Å². The molecule has 2 saturated heterocycles. The second kappa shape index (κ2) is 8.58. The van der Waals surface area contributed by atoms with Crippen LogP contribution in [0.2, 0.25) is 5.02 Å². The molecule has 1 aromatic carbocycles. The van der Waals surface area contributed by atoms with E-state index in [-0.39, 0.29) is 17.9 Å². The maximum Gasteiger partial charge on any atom is 0.272 e. The molecule has 11 heteroatoms. The third-order valence-corrected chi connectivity index (χ3v) is 8.45. The number of nitrogens with one attached hydrogen (secondary N) is 1. The lowest BCUT2D eigenvalue weighted by molar-refractivity contribution is -0.00211. The number of ether oxygens (including phenoxy) is 1. The zero-order valence-corrected chi connectivity index (χ0v) is 21.0. The van der Waals surface area contributed by atoms with Gasteiger partial charge in [-0.2, -0.15) is 5.10 Å². The van der Waals surface area contributed by atoms with Crippen molar-refractivity contribution in [3.8, 4) is 0 Å². The molecule has 0 bridgehead atoms.